The number of carbonyl (C=O) groups is 1. The van der Waals surface area contributed by atoms with E-state index in [1.165, 1.54) is 6.07 Å². The van der Waals surface area contributed by atoms with Crippen molar-refractivity contribution in [1.82, 2.24) is 9.62 Å². The third-order valence-corrected chi connectivity index (χ3v) is 8.25. The lowest BCUT2D eigenvalue weighted by Gasteiger charge is -2.38. The molecule has 2 aromatic carbocycles. The second kappa shape index (κ2) is 9.72. The molecule has 1 aromatic heterocycles. The van der Waals surface area contributed by atoms with E-state index in [0.29, 0.717) is 31.7 Å². The number of thiophene rings is 1. The first-order valence-electron chi connectivity index (χ1n) is 10.3. The number of sulfonamides is 1. The molecule has 0 unspecified atom stereocenters. The zero-order valence-electron chi connectivity index (χ0n) is 17.7. The molecule has 9 heteroatoms. The van der Waals surface area contributed by atoms with E-state index < -0.39 is 16.1 Å². The van der Waals surface area contributed by atoms with Crippen LogP contribution in [-0.2, 0) is 14.8 Å². The fourth-order valence-electron chi connectivity index (χ4n) is 3.78. The monoisotopic (exact) mass is 471 g/mol. The number of anilines is 1. The highest BCUT2D eigenvalue weighted by Gasteiger charge is 2.33. The molecule has 0 bridgehead atoms. The predicted molar refractivity (Wildman–Crippen MR) is 126 cm³/mol. The lowest BCUT2D eigenvalue weighted by atomic mass is 10.1. The van der Waals surface area contributed by atoms with Crippen molar-refractivity contribution < 1.29 is 17.9 Å². The zero-order chi connectivity index (χ0) is 22.6. The summed E-state index contributed by atoms with van der Waals surface area (Å²) in [5, 5.41) is 1.70. The van der Waals surface area contributed by atoms with Gasteiger partial charge < -0.3 is 14.5 Å². The molecule has 4 rings (SSSR count). The molecule has 1 atom stereocenters. The molecule has 1 amide bonds. The van der Waals surface area contributed by atoms with E-state index in [9.17, 15) is 13.2 Å². The second-order valence-corrected chi connectivity index (χ2v) is 10.3. The van der Waals surface area contributed by atoms with Gasteiger partial charge in [-0.1, -0.05) is 48.5 Å². The maximum Gasteiger partial charge on any atom is 0.251 e. The normalized spacial score (nSPS) is 15.4. The number of benzene rings is 2. The molecule has 0 spiro atoms. The summed E-state index contributed by atoms with van der Waals surface area (Å²) < 4.78 is 34.0. The first-order chi connectivity index (χ1) is 15.5. The summed E-state index contributed by atoms with van der Waals surface area (Å²) in [6.07, 6.45) is 0. The zero-order valence-corrected chi connectivity index (χ0v) is 19.3. The third kappa shape index (κ3) is 4.79. The number of para-hydroxylation sites is 2. The lowest BCUT2D eigenvalue weighted by Crippen LogP contribution is -2.52. The maximum absolute atomic E-state index is 13.5. The number of carbonyl (C=O) groups excluding carboxylic acids is 1. The highest BCUT2D eigenvalue weighted by atomic mass is 32.2. The highest BCUT2D eigenvalue weighted by molar-refractivity contribution is 7.91. The van der Waals surface area contributed by atoms with E-state index in [1.807, 2.05) is 30.3 Å². The van der Waals surface area contributed by atoms with Crippen LogP contribution in [0, 0.1) is 0 Å². The number of rotatable bonds is 7. The standard InChI is InChI=1S/C23H25N3O4S2/c1-30-20-11-6-5-10-19(20)25-13-15-26(16-14-25)23(27)22(18-8-3-2-4-9-18)24-32(28,29)21-12-7-17-31-21/h2-12,17,22,24H,13-16H2,1H3/t22-/m1/s1. The van der Waals surface area contributed by atoms with Crippen LogP contribution in [0.25, 0.3) is 0 Å². The second-order valence-electron chi connectivity index (χ2n) is 7.38. The quantitative estimate of drug-likeness (QED) is 0.573. The van der Waals surface area contributed by atoms with Crippen molar-refractivity contribution in [3.05, 3.63) is 77.7 Å². The molecule has 168 valence electrons. The minimum Gasteiger partial charge on any atom is -0.495 e. The van der Waals surface area contributed by atoms with Gasteiger partial charge in [0, 0.05) is 26.2 Å². The summed E-state index contributed by atoms with van der Waals surface area (Å²) in [6.45, 7) is 2.23. The Labute approximate surface area is 192 Å². The molecule has 2 heterocycles. The molecule has 7 nitrogen and oxygen atoms in total. The molecule has 0 radical (unpaired) electrons. The van der Waals surface area contributed by atoms with Crippen molar-refractivity contribution in [3.63, 3.8) is 0 Å². The van der Waals surface area contributed by atoms with E-state index in [-0.39, 0.29) is 10.1 Å². The van der Waals surface area contributed by atoms with Gasteiger partial charge in [-0.25, -0.2) is 8.42 Å². The van der Waals surface area contributed by atoms with Gasteiger partial charge in [0.05, 0.1) is 12.8 Å². The summed E-state index contributed by atoms with van der Waals surface area (Å²) in [4.78, 5) is 17.4. The first kappa shape index (κ1) is 22.3. The van der Waals surface area contributed by atoms with Gasteiger partial charge in [0.25, 0.3) is 10.0 Å². The van der Waals surface area contributed by atoms with Crippen LogP contribution in [0.5, 0.6) is 5.75 Å². The molecule has 1 N–H and O–H groups in total. The van der Waals surface area contributed by atoms with Crippen LogP contribution in [0.15, 0.2) is 76.3 Å². The molecule has 1 saturated heterocycles. The molecule has 1 aliphatic rings. The van der Waals surface area contributed by atoms with Gasteiger partial charge in [0.15, 0.2) is 0 Å². The van der Waals surface area contributed by atoms with E-state index in [2.05, 4.69) is 9.62 Å². The van der Waals surface area contributed by atoms with E-state index in [4.69, 9.17) is 4.74 Å². The molecule has 0 saturated carbocycles. The molecule has 3 aromatic rings. The van der Waals surface area contributed by atoms with E-state index >= 15 is 0 Å². The Bertz CT molecular complexity index is 1140. The SMILES string of the molecule is COc1ccccc1N1CCN(C(=O)[C@H](NS(=O)(=O)c2cccs2)c2ccccc2)CC1. The van der Waals surface area contributed by atoms with Crippen molar-refractivity contribution >= 4 is 33.0 Å². The Morgan fingerprint density at radius 1 is 0.969 bits per heavy atom. The number of hydrogen-bond acceptors (Lipinski definition) is 6. The van der Waals surface area contributed by atoms with Crippen LogP contribution in [0.4, 0.5) is 5.69 Å². The average molecular weight is 472 g/mol. The van der Waals surface area contributed by atoms with Gasteiger partial charge >= 0.3 is 0 Å². The van der Waals surface area contributed by atoms with Gasteiger partial charge in [-0.05, 0) is 29.1 Å². The van der Waals surface area contributed by atoms with Crippen LogP contribution in [0.1, 0.15) is 11.6 Å². The fourth-order valence-corrected chi connectivity index (χ4v) is 5.96. The number of methoxy groups -OCH3 is 1. The molecular formula is C23H25N3O4S2. The summed E-state index contributed by atoms with van der Waals surface area (Å²) in [5.74, 6) is 0.536. The van der Waals surface area contributed by atoms with Crippen molar-refractivity contribution in [2.24, 2.45) is 0 Å². The van der Waals surface area contributed by atoms with Crippen molar-refractivity contribution in [1.29, 1.82) is 0 Å². The Balaban J connectivity index is 1.52. The Hall–Kier alpha value is -2.88. The lowest BCUT2D eigenvalue weighted by molar-refractivity contribution is -0.133. The minimum absolute atomic E-state index is 0.187. The number of hydrogen-bond donors (Lipinski definition) is 1. The van der Waals surface area contributed by atoms with Gasteiger partial charge in [0.2, 0.25) is 5.91 Å². The minimum atomic E-state index is -3.82. The van der Waals surface area contributed by atoms with Gasteiger partial charge in [-0.3, -0.25) is 4.79 Å². The maximum atomic E-state index is 13.5. The van der Waals surface area contributed by atoms with Gasteiger partial charge in [-0.15, -0.1) is 11.3 Å². The molecule has 1 fully saturated rings. The summed E-state index contributed by atoms with van der Waals surface area (Å²) in [7, 11) is -2.18. The van der Waals surface area contributed by atoms with Crippen LogP contribution >= 0.6 is 11.3 Å². The Kier molecular flexibility index (Phi) is 6.78. The van der Waals surface area contributed by atoms with Crippen molar-refractivity contribution in [3.8, 4) is 5.75 Å². The Morgan fingerprint density at radius 3 is 2.31 bits per heavy atom. The number of amides is 1. The van der Waals surface area contributed by atoms with Crippen LogP contribution in [-0.4, -0.2) is 52.5 Å². The topological polar surface area (TPSA) is 79.0 Å². The van der Waals surface area contributed by atoms with Gasteiger partial charge in [-0.2, -0.15) is 4.72 Å². The first-order valence-corrected chi connectivity index (χ1v) is 12.6. The van der Waals surface area contributed by atoms with E-state index in [1.54, 1.807) is 47.7 Å². The average Bonchev–Trinajstić information content (AvgIpc) is 3.39. The summed E-state index contributed by atoms with van der Waals surface area (Å²) in [6, 6.07) is 19.0. The summed E-state index contributed by atoms with van der Waals surface area (Å²) in [5.41, 5.74) is 1.60. The van der Waals surface area contributed by atoms with Crippen LogP contribution in [0.2, 0.25) is 0 Å². The van der Waals surface area contributed by atoms with Crippen LogP contribution in [0.3, 0.4) is 0 Å². The highest BCUT2D eigenvalue weighted by Crippen LogP contribution is 2.29. The predicted octanol–water partition coefficient (Wildman–Crippen LogP) is 3.13. The molecule has 1 aliphatic heterocycles. The van der Waals surface area contributed by atoms with Crippen LogP contribution < -0.4 is 14.4 Å². The fraction of sp³-hybridized carbons (Fsp3) is 0.261. The van der Waals surface area contributed by atoms with Gasteiger partial charge in [0.1, 0.15) is 16.0 Å². The van der Waals surface area contributed by atoms with E-state index in [0.717, 1.165) is 22.8 Å². The molecule has 32 heavy (non-hydrogen) atoms. The Morgan fingerprint density at radius 2 is 1.66 bits per heavy atom. The molecular weight excluding hydrogens is 446 g/mol. The van der Waals surface area contributed by atoms with Crippen molar-refractivity contribution in [2.75, 3.05) is 38.2 Å². The summed E-state index contributed by atoms with van der Waals surface area (Å²) >= 11 is 1.12. The molecule has 0 aliphatic carbocycles. The van der Waals surface area contributed by atoms with Crippen molar-refractivity contribution in [2.45, 2.75) is 10.3 Å². The smallest absolute Gasteiger partial charge is 0.251 e. The third-order valence-electron chi connectivity index (χ3n) is 5.43. The number of ether oxygens (including phenoxy) is 1. The largest absolute Gasteiger partial charge is 0.495 e. The number of nitrogens with zero attached hydrogens (tertiary/aromatic N) is 2. The number of piperazine rings is 1. The number of nitrogens with one attached hydrogen (secondary N) is 1.